The van der Waals surface area contributed by atoms with E-state index in [1.165, 1.54) is 18.3 Å². The molecule has 0 bridgehead atoms. The number of allylic oxidation sites excluding steroid dienone is 4. The van der Waals surface area contributed by atoms with Crippen molar-refractivity contribution in [2.45, 2.75) is 32.3 Å². The Kier molecular flexibility index (Phi) is 7.03. The highest BCUT2D eigenvalue weighted by Gasteiger charge is 2.41. The Morgan fingerprint density at radius 2 is 1.83 bits per heavy atom. The first-order chi connectivity index (χ1) is 13.8. The molecular weight excluding hydrogens is 434 g/mol. The summed E-state index contributed by atoms with van der Waals surface area (Å²) >= 11 is 0.642. The molecule has 2 aromatic heterocycles. The molecule has 2 heterocycles. The normalized spacial score (nSPS) is 14.6. The van der Waals surface area contributed by atoms with E-state index in [0.717, 1.165) is 12.3 Å². The van der Waals surface area contributed by atoms with Crippen molar-refractivity contribution in [1.29, 1.82) is 0 Å². The van der Waals surface area contributed by atoms with E-state index in [9.17, 15) is 31.4 Å². The van der Waals surface area contributed by atoms with Gasteiger partial charge in [-0.2, -0.15) is 26.3 Å². The van der Waals surface area contributed by atoms with Crippen molar-refractivity contribution in [1.82, 2.24) is 15.0 Å². The minimum absolute atomic E-state index is 0.255. The first-order valence-electron chi connectivity index (χ1n) is 8.21. The maximum atomic E-state index is 12.8. The van der Waals surface area contributed by atoms with E-state index in [0.29, 0.717) is 27.4 Å². The number of aliphatic hydroxyl groups is 1. The van der Waals surface area contributed by atoms with Gasteiger partial charge >= 0.3 is 12.4 Å². The van der Waals surface area contributed by atoms with E-state index in [4.69, 9.17) is 0 Å². The number of thiazole rings is 1. The summed E-state index contributed by atoms with van der Waals surface area (Å²) in [6.07, 6.45) is -7.12. The minimum atomic E-state index is -4.85. The number of aliphatic hydroxyl groups excluding tert-OH is 1. The zero-order valence-corrected chi connectivity index (χ0v) is 16.5. The highest BCUT2D eigenvalue weighted by atomic mass is 32.1. The van der Waals surface area contributed by atoms with Crippen LogP contribution in [-0.2, 0) is 6.18 Å². The van der Waals surface area contributed by atoms with Gasteiger partial charge in [-0.1, -0.05) is 12.2 Å². The van der Waals surface area contributed by atoms with Crippen LogP contribution in [0.5, 0.6) is 0 Å². The Hall–Kier alpha value is -2.73. The smallest absolute Gasteiger partial charge is 0.377 e. The van der Waals surface area contributed by atoms with E-state index >= 15 is 0 Å². The van der Waals surface area contributed by atoms with Gasteiger partial charge in [0, 0.05) is 18.1 Å². The first-order valence-corrected chi connectivity index (χ1v) is 9.02. The Labute approximate surface area is 171 Å². The van der Waals surface area contributed by atoms with Crippen molar-refractivity contribution in [3.05, 3.63) is 64.0 Å². The Morgan fingerprint density at radius 1 is 1.17 bits per heavy atom. The molecule has 0 fully saturated rings. The predicted molar refractivity (Wildman–Crippen MR) is 100 cm³/mol. The number of halogens is 6. The van der Waals surface area contributed by atoms with Gasteiger partial charge in [0.25, 0.3) is 0 Å². The molecule has 30 heavy (non-hydrogen) atoms. The second kappa shape index (κ2) is 8.96. The van der Waals surface area contributed by atoms with Gasteiger partial charge < -0.3 is 10.4 Å². The van der Waals surface area contributed by atoms with Crippen molar-refractivity contribution < 1.29 is 31.4 Å². The van der Waals surface area contributed by atoms with Crippen LogP contribution < -0.4 is 5.32 Å². The SMILES string of the molecule is C=C(C)/C=C(\C=C(/C)c1cnc(C(O)C(F)(F)F)s1)Nc1nccc(C(F)(F)F)n1. The van der Waals surface area contributed by atoms with E-state index in [1.807, 2.05) is 0 Å². The summed E-state index contributed by atoms with van der Waals surface area (Å²) in [6.45, 7) is 6.90. The van der Waals surface area contributed by atoms with E-state index in [2.05, 4.69) is 26.8 Å². The van der Waals surface area contributed by atoms with Crippen LogP contribution in [0.3, 0.4) is 0 Å². The molecule has 0 aliphatic rings. The topological polar surface area (TPSA) is 70.9 Å². The van der Waals surface area contributed by atoms with Gasteiger partial charge in [0.2, 0.25) is 12.1 Å². The molecule has 0 saturated carbocycles. The van der Waals surface area contributed by atoms with Crippen molar-refractivity contribution in [2.24, 2.45) is 0 Å². The van der Waals surface area contributed by atoms with Gasteiger partial charge in [-0.3, -0.25) is 0 Å². The average Bonchev–Trinajstić information content (AvgIpc) is 3.09. The lowest BCUT2D eigenvalue weighted by Crippen LogP contribution is -2.19. The molecule has 162 valence electrons. The second-order valence-electron chi connectivity index (χ2n) is 6.17. The highest BCUT2D eigenvalue weighted by Crippen LogP contribution is 2.36. The molecule has 1 atom stereocenters. The molecule has 0 spiro atoms. The molecule has 2 aromatic rings. The molecule has 2 rings (SSSR count). The number of aromatic nitrogens is 3. The standard InChI is InChI=1S/C18H16F6N4OS/c1-9(2)6-11(27-16-25-5-4-13(28-16)17(19,20)21)7-10(3)12-8-26-15(30-12)14(29)18(22,23)24/h4-8,14,29H,1H2,2-3H3,(H,25,27,28)/b10-7+,11-6+. The Balaban J connectivity index is 2.32. The zero-order valence-electron chi connectivity index (χ0n) is 15.6. The van der Waals surface area contributed by atoms with Crippen LogP contribution in [0.2, 0.25) is 0 Å². The molecule has 1 unspecified atom stereocenters. The van der Waals surface area contributed by atoms with Crippen LogP contribution >= 0.6 is 11.3 Å². The predicted octanol–water partition coefficient (Wildman–Crippen LogP) is 5.52. The first kappa shape index (κ1) is 23.5. The molecule has 0 aliphatic carbocycles. The molecule has 0 radical (unpaired) electrons. The van der Waals surface area contributed by atoms with Gasteiger partial charge in [0.05, 0.1) is 4.88 Å². The van der Waals surface area contributed by atoms with Gasteiger partial charge in [0.15, 0.2) is 0 Å². The minimum Gasteiger partial charge on any atom is -0.377 e. The Morgan fingerprint density at radius 3 is 2.40 bits per heavy atom. The van der Waals surface area contributed by atoms with E-state index in [-0.39, 0.29) is 11.6 Å². The average molecular weight is 450 g/mol. The maximum Gasteiger partial charge on any atom is 0.433 e. The highest BCUT2D eigenvalue weighted by molar-refractivity contribution is 7.12. The van der Waals surface area contributed by atoms with Crippen LogP contribution in [0, 0.1) is 0 Å². The lowest BCUT2D eigenvalue weighted by molar-refractivity contribution is -0.206. The maximum absolute atomic E-state index is 12.8. The number of nitrogens with zero attached hydrogens (tertiary/aromatic N) is 3. The van der Waals surface area contributed by atoms with Crippen LogP contribution in [0.4, 0.5) is 32.3 Å². The van der Waals surface area contributed by atoms with Crippen molar-refractivity contribution >= 4 is 22.9 Å². The molecule has 0 amide bonds. The van der Waals surface area contributed by atoms with Gasteiger partial charge in [-0.25, -0.2) is 15.0 Å². The number of hydrogen-bond donors (Lipinski definition) is 2. The third kappa shape index (κ3) is 6.39. The van der Waals surface area contributed by atoms with E-state index < -0.39 is 29.2 Å². The summed E-state index contributed by atoms with van der Waals surface area (Å²) in [5.41, 5.74) is 0.111. The lowest BCUT2D eigenvalue weighted by atomic mass is 10.2. The third-order valence-electron chi connectivity index (χ3n) is 3.43. The molecular formula is C18H16F6N4OS. The van der Waals surface area contributed by atoms with Crippen LogP contribution in [0.15, 0.2) is 48.5 Å². The molecule has 2 N–H and O–H groups in total. The quantitative estimate of drug-likeness (QED) is 0.448. The summed E-state index contributed by atoms with van der Waals surface area (Å²) in [5.74, 6) is -0.320. The number of anilines is 1. The summed E-state index contributed by atoms with van der Waals surface area (Å²) in [5, 5.41) is 11.4. The molecule has 5 nitrogen and oxygen atoms in total. The number of alkyl halides is 6. The van der Waals surface area contributed by atoms with Gasteiger partial charge in [-0.15, -0.1) is 11.3 Å². The summed E-state index contributed by atoms with van der Waals surface area (Å²) in [4.78, 5) is 11.1. The second-order valence-corrected chi connectivity index (χ2v) is 7.23. The van der Waals surface area contributed by atoms with Gasteiger partial charge in [0.1, 0.15) is 10.7 Å². The zero-order chi connectivity index (χ0) is 22.7. The fraction of sp³-hybridized carbons (Fsp3) is 0.278. The molecule has 0 saturated heterocycles. The van der Waals surface area contributed by atoms with E-state index in [1.54, 1.807) is 13.8 Å². The lowest BCUT2D eigenvalue weighted by Gasteiger charge is -2.11. The molecule has 12 heteroatoms. The Bertz CT molecular complexity index is 978. The largest absolute Gasteiger partial charge is 0.433 e. The molecule has 0 aliphatic heterocycles. The number of rotatable bonds is 6. The fourth-order valence-electron chi connectivity index (χ4n) is 2.13. The fourth-order valence-corrected chi connectivity index (χ4v) is 3.03. The summed E-state index contributed by atoms with van der Waals surface area (Å²) in [6, 6.07) is 0.721. The number of hydrogen-bond acceptors (Lipinski definition) is 6. The monoisotopic (exact) mass is 450 g/mol. The van der Waals surface area contributed by atoms with Crippen molar-refractivity contribution in [2.75, 3.05) is 5.32 Å². The number of nitrogens with one attached hydrogen (secondary N) is 1. The van der Waals surface area contributed by atoms with Crippen LogP contribution in [-0.4, -0.2) is 26.2 Å². The molecule has 0 aromatic carbocycles. The summed E-state index contributed by atoms with van der Waals surface area (Å²) < 4.78 is 76.4. The van der Waals surface area contributed by atoms with Gasteiger partial charge in [-0.05, 0) is 37.6 Å². The van der Waals surface area contributed by atoms with Crippen LogP contribution in [0.25, 0.3) is 5.57 Å². The van der Waals surface area contributed by atoms with Crippen molar-refractivity contribution in [3.63, 3.8) is 0 Å². The third-order valence-corrected chi connectivity index (χ3v) is 4.62. The van der Waals surface area contributed by atoms with Crippen LogP contribution in [0.1, 0.15) is 35.5 Å². The summed E-state index contributed by atoms with van der Waals surface area (Å²) in [7, 11) is 0. The van der Waals surface area contributed by atoms with Crippen molar-refractivity contribution in [3.8, 4) is 0 Å².